The van der Waals surface area contributed by atoms with Crippen LogP contribution in [0.25, 0.3) is 11.1 Å². The predicted octanol–water partition coefficient (Wildman–Crippen LogP) is 3.83. The Morgan fingerprint density at radius 2 is 1.89 bits per heavy atom. The molecule has 2 N–H and O–H groups in total. The van der Waals surface area contributed by atoms with Crippen molar-refractivity contribution < 1.29 is 13.2 Å². The van der Waals surface area contributed by atoms with Gasteiger partial charge in [-0.2, -0.15) is 8.42 Å². The Labute approximate surface area is 209 Å². The molecule has 1 aliphatic carbocycles. The van der Waals surface area contributed by atoms with E-state index in [2.05, 4.69) is 25.0 Å². The Balaban J connectivity index is 1.64. The molecular weight excluding hydrogens is 488 g/mol. The molecule has 1 saturated carbocycles. The maximum atomic E-state index is 13.1. The van der Waals surface area contributed by atoms with Crippen molar-refractivity contribution in [3.8, 4) is 11.1 Å². The smallest absolute Gasteiger partial charge is 0.284 e. The van der Waals surface area contributed by atoms with Crippen LogP contribution in [0.3, 0.4) is 0 Å². The number of anilines is 2. The van der Waals surface area contributed by atoms with Crippen LogP contribution in [0, 0.1) is 0 Å². The normalized spacial score (nSPS) is 13.6. The monoisotopic (exact) mass is 512 g/mol. The quantitative estimate of drug-likeness (QED) is 0.330. The molecule has 1 fully saturated rings. The van der Waals surface area contributed by atoms with E-state index in [4.69, 9.17) is 11.6 Å². The standard InChI is InChI=1S/C24H25ClN6O3S/c1-31(2)15-28-35(33,34)22-12-19(29-23(32)11-16-5-3-4-6-21(16)25)9-10-20(22)17-13-26-24(27-14-17)30-18-7-8-18/h3-6,9-10,12-15,18H,7-8,11H2,1-2H3,(H,29,32)(H,26,27,30). The molecule has 0 radical (unpaired) electrons. The molecule has 1 heterocycles. The fraction of sp³-hybridized carbons (Fsp3) is 0.250. The summed E-state index contributed by atoms with van der Waals surface area (Å²) in [6.45, 7) is 0. The molecule has 182 valence electrons. The van der Waals surface area contributed by atoms with Gasteiger partial charge in [0.15, 0.2) is 0 Å². The van der Waals surface area contributed by atoms with Crippen LogP contribution >= 0.6 is 11.6 Å². The van der Waals surface area contributed by atoms with Gasteiger partial charge in [0.25, 0.3) is 10.0 Å². The van der Waals surface area contributed by atoms with Crippen LogP contribution < -0.4 is 10.6 Å². The first-order valence-corrected chi connectivity index (χ1v) is 12.8. The van der Waals surface area contributed by atoms with Gasteiger partial charge in [0.1, 0.15) is 6.34 Å². The molecule has 0 aliphatic heterocycles. The molecule has 0 saturated heterocycles. The van der Waals surface area contributed by atoms with Gasteiger partial charge in [-0.25, -0.2) is 9.97 Å². The molecule has 0 spiro atoms. The lowest BCUT2D eigenvalue weighted by Crippen LogP contribution is -2.15. The number of sulfonamides is 1. The Morgan fingerprint density at radius 1 is 1.17 bits per heavy atom. The number of aromatic nitrogens is 2. The van der Waals surface area contributed by atoms with E-state index in [1.54, 1.807) is 62.9 Å². The zero-order valence-corrected chi connectivity index (χ0v) is 20.8. The average molecular weight is 513 g/mol. The van der Waals surface area contributed by atoms with Crippen molar-refractivity contribution in [2.24, 2.45) is 4.40 Å². The summed E-state index contributed by atoms with van der Waals surface area (Å²) in [6.07, 6.45) is 6.56. The van der Waals surface area contributed by atoms with Gasteiger partial charge in [-0.3, -0.25) is 4.79 Å². The predicted molar refractivity (Wildman–Crippen MR) is 137 cm³/mol. The van der Waals surface area contributed by atoms with Crippen molar-refractivity contribution in [2.75, 3.05) is 24.7 Å². The molecule has 3 aromatic rings. The highest BCUT2D eigenvalue weighted by Gasteiger charge is 2.23. The minimum atomic E-state index is -4.09. The summed E-state index contributed by atoms with van der Waals surface area (Å²) in [5.74, 6) is 0.166. The van der Waals surface area contributed by atoms with Crippen molar-refractivity contribution in [3.63, 3.8) is 0 Å². The molecule has 4 rings (SSSR count). The van der Waals surface area contributed by atoms with Gasteiger partial charge < -0.3 is 15.5 Å². The van der Waals surface area contributed by atoms with Gasteiger partial charge >= 0.3 is 0 Å². The van der Waals surface area contributed by atoms with Crippen LogP contribution in [0.15, 0.2) is 64.2 Å². The number of hydrogen-bond donors (Lipinski definition) is 2. The van der Waals surface area contributed by atoms with Gasteiger partial charge in [-0.15, -0.1) is 4.40 Å². The van der Waals surface area contributed by atoms with Gasteiger partial charge in [0.2, 0.25) is 11.9 Å². The maximum Gasteiger partial charge on any atom is 0.284 e. The number of amides is 1. The van der Waals surface area contributed by atoms with Crippen molar-refractivity contribution in [1.82, 2.24) is 14.9 Å². The van der Waals surface area contributed by atoms with E-state index in [-0.39, 0.29) is 17.2 Å². The molecule has 35 heavy (non-hydrogen) atoms. The number of halogens is 1. The van der Waals surface area contributed by atoms with Crippen LogP contribution in [0.1, 0.15) is 18.4 Å². The molecule has 0 bridgehead atoms. The lowest BCUT2D eigenvalue weighted by molar-refractivity contribution is -0.115. The fourth-order valence-corrected chi connectivity index (χ4v) is 4.61. The van der Waals surface area contributed by atoms with Crippen LogP contribution in [-0.4, -0.2) is 55.7 Å². The third-order valence-electron chi connectivity index (χ3n) is 5.14. The first kappa shape index (κ1) is 24.6. The summed E-state index contributed by atoms with van der Waals surface area (Å²) in [5.41, 5.74) is 1.88. The number of nitrogens with zero attached hydrogens (tertiary/aromatic N) is 4. The number of carbonyl (C=O) groups excluding carboxylic acids is 1. The highest BCUT2D eigenvalue weighted by Crippen LogP contribution is 2.31. The van der Waals surface area contributed by atoms with Gasteiger partial charge in [0, 0.05) is 54.4 Å². The minimum absolute atomic E-state index is 0.0472. The molecular formula is C24H25ClN6O3S. The minimum Gasteiger partial charge on any atom is -0.368 e. The average Bonchev–Trinajstić information content (AvgIpc) is 3.64. The van der Waals surface area contributed by atoms with E-state index in [1.807, 2.05) is 0 Å². The Hall–Kier alpha value is -3.50. The lowest BCUT2D eigenvalue weighted by Gasteiger charge is -2.13. The van der Waals surface area contributed by atoms with Crippen LogP contribution in [0.4, 0.5) is 11.6 Å². The fourth-order valence-electron chi connectivity index (χ4n) is 3.24. The lowest BCUT2D eigenvalue weighted by atomic mass is 10.1. The Kier molecular flexibility index (Phi) is 7.32. The van der Waals surface area contributed by atoms with Crippen LogP contribution in [0.2, 0.25) is 5.02 Å². The van der Waals surface area contributed by atoms with Crippen molar-refractivity contribution in [3.05, 3.63) is 65.4 Å². The highest BCUT2D eigenvalue weighted by molar-refractivity contribution is 7.90. The molecule has 1 aliphatic rings. The molecule has 0 atom stereocenters. The van der Waals surface area contributed by atoms with Gasteiger partial charge in [0.05, 0.1) is 11.3 Å². The van der Waals surface area contributed by atoms with E-state index >= 15 is 0 Å². The maximum absolute atomic E-state index is 13.1. The van der Waals surface area contributed by atoms with E-state index < -0.39 is 10.0 Å². The largest absolute Gasteiger partial charge is 0.368 e. The highest BCUT2D eigenvalue weighted by atomic mass is 35.5. The van der Waals surface area contributed by atoms with Crippen LogP contribution in [0.5, 0.6) is 0 Å². The zero-order chi connectivity index (χ0) is 25.0. The zero-order valence-electron chi connectivity index (χ0n) is 19.3. The van der Waals surface area contributed by atoms with Crippen molar-refractivity contribution in [1.29, 1.82) is 0 Å². The van der Waals surface area contributed by atoms with E-state index in [9.17, 15) is 13.2 Å². The number of carbonyl (C=O) groups is 1. The summed E-state index contributed by atoms with van der Waals surface area (Å²) < 4.78 is 30.0. The topological polar surface area (TPSA) is 117 Å². The molecule has 11 heteroatoms. The second-order valence-electron chi connectivity index (χ2n) is 8.40. The first-order chi connectivity index (χ1) is 16.7. The molecule has 2 aromatic carbocycles. The second-order valence-corrected chi connectivity index (χ2v) is 10.4. The van der Waals surface area contributed by atoms with E-state index in [0.717, 1.165) is 12.8 Å². The molecule has 9 nitrogen and oxygen atoms in total. The first-order valence-electron chi connectivity index (χ1n) is 10.9. The Bertz CT molecular complexity index is 1360. The van der Waals surface area contributed by atoms with E-state index in [1.165, 1.54) is 17.3 Å². The Morgan fingerprint density at radius 3 is 2.54 bits per heavy atom. The summed E-state index contributed by atoms with van der Waals surface area (Å²) in [4.78, 5) is 22.7. The number of hydrogen-bond acceptors (Lipinski definition) is 6. The summed E-state index contributed by atoms with van der Waals surface area (Å²) >= 11 is 6.15. The van der Waals surface area contributed by atoms with E-state index in [0.29, 0.717) is 39.4 Å². The van der Waals surface area contributed by atoms with Crippen molar-refractivity contribution in [2.45, 2.75) is 30.2 Å². The third kappa shape index (κ3) is 6.55. The van der Waals surface area contributed by atoms with Crippen LogP contribution in [-0.2, 0) is 21.2 Å². The van der Waals surface area contributed by atoms with Crippen molar-refractivity contribution >= 4 is 45.5 Å². The molecule has 1 aromatic heterocycles. The molecule has 0 unspecified atom stereocenters. The SMILES string of the molecule is CN(C)C=NS(=O)(=O)c1cc(NC(=O)Cc2ccccc2Cl)ccc1-c1cnc(NC2CC2)nc1. The summed E-state index contributed by atoms with van der Waals surface area (Å²) in [7, 11) is -0.750. The molecule has 1 amide bonds. The summed E-state index contributed by atoms with van der Waals surface area (Å²) in [6, 6.07) is 12.1. The third-order valence-corrected chi connectivity index (χ3v) is 6.78. The van der Waals surface area contributed by atoms with Gasteiger partial charge in [-0.05, 0) is 36.6 Å². The number of rotatable bonds is 9. The van der Waals surface area contributed by atoms with Gasteiger partial charge in [-0.1, -0.05) is 35.9 Å². The second kappa shape index (κ2) is 10.4. The number of benzene rings is 2. The number of nitrogens with one attached hydrogen (secondary N) is 2. The summed E-state index contributed by atoms with van der Waals surface area (Å²) in [5, 5.41) is 6.43.